The molecule has 0 spiro atoms. The van der Waals surface area contributed by atoms with E-state index in [2.05, 4.69) is 58.7 Å². The fourth-order valence-electron chi connectivity index (χ4n) is 4.30. The van der Waals surface area contributed by atoms with Gasteiger partial charge < -0.3 is 10.1 Å². The largest absolute Gasteiger partial charge is 0.507 e. The van der Waals surface area contributed by atoms with Crippen molar-refractivity contribution < 1.29 is 9.90 Å². The van der Waals surface area contributed by atoms with Crippen molar-refractivity contribution in [2.45, 2.75) is 58.8 Å². The number of H-pyrrole nitrogens is 1. The number of carbonyl (C=O) groups is 1. The Kier molecular flexibility index (Phi) is 6.42. The molecule has 1 aliphatic heterocycles. The van der Waals surface area contributed by atoms with Crippen LogP contribution in [0, 0.1) is 0 Å². The van der Waals surface area contributed by atoms with E-state index < -0.39 is 0 Å². The summed E-state index contributed by atoms with van der Waals surface area (Å²) >= 11 is 6.92. The van der Waals surface area contributed by atoms with Crippen LogP contribution in [0.15, 0.2) is 47.5 Å². The Hall–Kier alpha value is -2.57. The molecular weight excluding hydrogens is 460 g/mol. The molecule has 2 aromatic carbocycles. The smallest absolute Gasteiger partial charge is 0.266 e. The molecule has 0 bridgehead atoms. The second kappa shape index (κ2) is 8.90. The van der Waals surface area contributed by atoms with Gasteiger partial charge in [0.25, 0.3) is 5.91 Å². The summed E-state index contributed by atoms with van der Waals surface area (Å²) in [6, 6.07) is 12.2. The molecule has 2 heterocycles. The minimum atomic E-state index is -0.230. The number of aromatic nitrogens is 1. The minimum absolute atomic E-state index is 0.0578. The number of nitrogens with one attached hydrogen (secondary N) is 1. The number of amides is 1. The number of para-hydroxylation sites is 1. The van der Waals surface area contributed by atoms with Crippen molar-refractivity contribution in [1.29, 1.82) is 0 Å². The maximum atomic E-state index is 13.3. The first-order valence-electron chi connectivity index (χ1n) is 11.5. The molecule has 4 rings (SSSR count). The lowest BCUT2D eigenvalue weighted by Crippen LogP contribution is -2.30. The van der Waals surface area contributed by atoms with Crippen molar-refractivity contribution in [3.05, 3.63) is 69.8 Å². The van der Waals surface area contributed by atoms with Crippen molar-refractivity contribution in [3.8, 4) is 5.75 Å². The van der Waals surface area contributed by atoms with Crippen molar-refractivity contribution in [2.75, 3.05) is 6.54 Å². The highest BCUT2D eigenvalue weighted by Crippen LogP contribution is 2.41. The average Bonchev–Trinajstić information content (AvgIpc) is 3.26. The van der Waals surface area contributed by atoms with Crippen LogP contribution >= 0.6 is 24.0 Å². The van der Waals surface area contributed by atoms with Crippen LogP contribution in [0.4, 0.5) is 0 Å². The number of aromatic amines is 1. The third kappa shape index (κ3) is 4.80. The number of aromatic hydroxyl groups is 1. The molecule has 3 aromatic rings. The molecule has 2 N–H and O–H groups in total. The molecule has 1 aromatic heterocycles. The van der Waals surface area contributed by atoms with Crippen LogP contribution in [-0.4, -0.2) is 31.8 Å². The lowest BCUT2D eigenvalue weighted by Gasteiger charge is -2.28. The van der Waals surface area contributed by atoms with Crippen LogP contribution < -0.4 is 0 Å². The molecule has 1 saturated heterocycles. The first-order valence-corrected chi connectivity index (χ1v) is 12.8. The SMILES string of the molecule is CC(C)(C)c1cc(/C=C2/SC(=S)N(CCc3c[nH]c4ccccc34)C2=O)cc(C(C)(C)C)c1O. The molecule has 4 nitrogen and oxygen atoms in total. The Bertz CT molecular complexity index is 1270. The number of phenolic OH excluding ortho intramolecular Hbond substituents is 1. The summed E-state index contributed by atoms with van der Waals surface area (Å²) in [7, 11) is 0. The van der Waals surface area contributed by atoms with E-state index in [0.717, 1.165) is 28.6 Å². The molecule has 6 heteroatoms. The van der Waals surface area contributed by atoms with E-state index in [1.54, 1.807) is 4.90 Å². The highest BCUT2D eigenvalue weighted by molar-refractivity contribution is 8.26. The molecular formula is C28H32N2O2S2. The van der Waals surface area contributed by atoms with Crippen LogP contribution in [0.1, 0.15) is 63.8 Å². The third-order valence-electron chi connectivity index (χ3n) is 6.20. The zero-order valence-electron chi connectivity index (χ0n) is 20.7. The van der Waals surface area contributed by atoms with Gasteiger partial charge in [-0.2, -0.15) is 0 Å². The highest BCUT2D eigenvalue weighted by Gasteiger charge is 2.32. The van der Waals surface area contributed by atoms with Gasteiger partial charge in [-0.3, -0.25) is 9.69 Å². The number of benzene rings is 2. The van der Waals surface area contributed by atoms with Gasteiger partial charge in [-0.25, -0.2) is 0 Å². The summed E-state index contributed by atoms with van der Waals surface area (Å²) in [5, 5.41) is 12.2. The standard InChI is InChI=1S/C28H32N2O2S2/c1-27(2,3)20-13-17(14-21(24(20)31)28(4,5)6)15-23-25(32)30(26(33)34-23)12-11-18-16-29-22-10-8-7-9-19(18)22/h7-10,13-16,29,31H,11-12H2,1-6H3/b23-15+. The maximum Gasteiger partial charge on any atom is 0.266 e. The molecule has 1 fully saturated rings. The summed E-state index contributed by atoms with van der Waals surface area (Å²) in [6.45, 7) is 13.1. The first kappa shape index (κ1) is 24.6. The first-order chi connectivity index (χ1) is 15.9. The molecule has 0 atom stereocenters. The number of hydrogen-bond donors (Lipinski definition) is 2. The molecule has 0 saturated carbocycles. The number of nitrogens with zero attached hydrogens (tertiary/aromatic N) is 1. The Balaban J connectivity index is 1.61. The van der Waals surface area contributed by atoms with Crippen LogP contribution in [0.25, 0.3) is 17.0 Å². The maximum absolute atomic E-state index is 13.3. The highest BCUT2D eigenvalue weighted by atomic mass is 32.2. The lowest BCUT2D eigenvalue weighted by atomic mass is 9.78. The number of thiocarbonyl (C=S) groups is 1. The number of carbonyl (C=O) groups excluding carboxylic acids is 1. The summed E-state index contributed by atoms with van der Waals surface area (Å²) < 4.78 is 0.585. The topological polar surface area (TPSA) is 56.3 Å². The monoisotopic (exact) mass is 492 g/mol. The van der Waals surface area contributed by atoms with Crippen LogP contribution in [0.2, 0.25) is 0 Å². The quantitative estimate of drug-likeness (QED) is 0.307. The zero-order chi connectivity index (χ0) is 24.8. The molecule has 178 valence electrons. The normalized spacial score (nSPS) is 16.3. The molecule has 0 radical (unpaired) electrons. The molecule has 1 amide bonds. The summed E-state index contributed by atoms with van der Waals surface area (Å²) in [5.74, 6) is 0.279. The van der Waals surface area contributed by atoms with E-state index in [1.807, 2.05) is 36.5 Å². The van der Waals surface area contributed by atoms with Gasteiger partial charge in [0.2, 0.25) is 0 Å². The zero-order valence-corrected chi connectivity index (χ0v) is 22.3. The van der Waals surface area contributed by atoms with Gasteiger partial charge in [-0.15, -0.1) is 0 Å². The fraction of sp³-hybridized carbons (Fsp3) is 0.357. The van der Waals surface area contributed by atoms with E-state index in [9.17, 15) is 9.90 Å². The molecule has 34 heavy (non-hydrogen) atoms. The average molecular weight is 493 g/mol. The van der Waals surface area contributed by atoms with Gasteiger partial charge in [0.15, 0.2) is 0 Å². The predicted molar refractivity (Wildman–Crippen MR) is 147 cm³/mol. The summed E-state index contributed by atoms with van der Waals surface area (Å²) in [5.41, 5.74) is 4.47. The van der Waals surface area contributed by atoms with Crippen molar-refractivity contribution in [3.63, 3.8) is 0 Å². The molecule has 0 unspecified atom stereocenters. The van der Waals surface area contributed by atoms with E-state index in [4.69, 9.17) is 12.2 Å². The number of rotatable bonds is 4. The van der Waals surface area contributed by atoms with Gasteiger partial charge in [0, 0.05) is 34.8 Å². The minimum Gasteiger partial charge on any atom is -0.507 e. The Morgan fingerprint density at radius 3 is 2.29 bits per heavy atom. The third-order valence-corrected chi connectivity index (χ3v) is 7.58. The second-order valence-corrected chi connectivity index (χ2v) is 12.6. The molecule has 0 aliphatic carbocycles. The predicted octanol–water partition coefficient (Wildman–Crippen LogP) is 6.91. The van der Waals surface area contributed by atoms with E-state index in [-0.39, 0.29) is 16.7 Å². The second-order valence-electron chi connectivity index (χ2n) is 10.9. The number of fused-ring (bicyclic) bond motifs is 1. The fourth-order valence-corrected chi connectivity index (χ4v) is 5.61. The van der Waals surface area contributed by atoms with Crippen LogP contribution in [0.3, 0.4) is 0 Å². The van der Waals surface area contributed by atoms with Crippen LogP contribution in [0.5, 0.6) is 5.75 Å². The van der Waals surface area contributed by atoms with Gasteiger partial charge in [0.05, 0.1) is 4.91 Å². The van der Waals surface area contributed by atoms with Crippen LogP contribution in [-0.2, 0) is 22.0 Å². The Morgan fingerprint density at radius 1 is 1.06 bits per heavy atom. The van der Waals surface area contributed by atoms with Crippen molar-refractivity contribution in [2.24, 2.45) is 0 Å². The Labute approximate surface area is 211 Å². The van der Waals surface area contributed by atoms with Gasteiger partial charge >= 0.3 is 0 Å². The number of phenols is 1. The van der Waals surface area contributed by atoms with Gasteiger partial charge in [-0.05, 0) is 52.7 Å². The van der Waals surface area contributed by atoms with E-state index in [1.165, 1.54) is 22.7 Å². The van der Waals surface area contributed by atoms with Crippen molar-refractivity contribution in [1.82, 2.24) is 9.88 Å². The van der Waals surface area contributed by atoms with Gasteiger partial charge in [-0.1, -0.05) is 83.7 Å². The van der Waals surface area contributed by atoms with Crippen molar-refractivity contribution >= 4 is 51.2 Å². The lowest BCUT2D eigenvalue weighted by molar-refractivity contribution is -0.122. The number of thioether (sulfide) groups is 1. The number of hydrogen-bond acceptors (Lipinski definition) is 4. The van der Waals surface area contributed by atoms with E-state index >= 15 is 0 Å². The summed E-state index contributed by atoms with van der Waals surface area (Å²) in [4.78, 5) is 18.9. The Morgan fingerprint density at radius 2 is 1.68 bits per heavy atom. The summed E-state index contributed by atoms with van der Waals surface area (Å²) in [6.07, 6.45) is 4.65. The van der Waals surface area contributed by atoms with Gasteiger partial charge in [0.1, 0.15) is 10.1 Å². The van der Waals surface area contributed by atoms with E-state index in [0.29, 0.717) is 21.5 Å². The molecule has 1 aliphatic rings.